The van der Waals surface area contributed by atoms with Crippen LogP contribution < -0.4 is 5.32 Å². The molecule has 4 aliphatic heterocycles. The van der Waals surface area contributed by atoms with Gasteiger partial charge < -0.3 is 24.0 Å². The van der Waals surface area contributed by atoms with Gasteiger partial charge in [0.1, 0.15) is 11.4 Å². The Morgan fingerprint density at radius 2 is 1.82 bits per heavy atom. The van der Waals surface area contributed by atoms with Crippen molar-refractivity contribution >= 4 is 34.8 Å². The number of hydrogen-bond donors (Lipinski definition) is 2. The van der Waals surface area contributed by atoms with E-state index in [1.165, 1.54) is 0 Å². The lowest BCUT2D eigenvalue weighted by atomic mass is 9.83. The maximum atomic E-state index is 13.7. The number of benzene rings is 1. The number of nitrogens with one attached hydrogen (secondary N) is 2. The Morgan fingerprint density at radius 3 is 2.66 bits per heavy atom. The van der Waals surface area contributed by atoms with Crippen molar-refractivity contribution in [1.82, 2.24) is 25.0 Å². The third-order valence-corrected chi connectivity index (χ3v) is 8.93. The number of aryl methyl sites for hydroxylation is 2. The summed E-state index contributed by atoms with van der Waals surface area (Å²) >= 11 is 0. The molecule has 1 saturated heterocycles. The van der Waals surface area contributed by atoms with Crippen molar-refractivity contribution < 1.29 is 28.6 Å². The Bertz CT molecular complexity index is 1530. The van der Waals surface area contributed by atoms with E-state index in [9.17, 15) is 14.4 Å². The van der Waals surface area contributed by atoms with Crippen molar-refractivity contribution in [3.05, 3.63) is 52.8 Å². The summed E-state index contributed by atoms with van der Waals surface area (Å²) in [5, 5.41) is 10.8. The van der Waals surface area contributed by atoms with Gasteiger partial charge in [-0.3, -0.25) is 15.2 Å². The highest BCUT2D eigenvalue weighted by Gasteiger charge is 2.46. The summed E-state index contributed by atoms with van der Waals surface area (Å²) in [6.07, 6.45) is 6.78. The van der Waals surface area contributed by atoms with Crippen molar-refractivity contribution in [1.29, 1.82) is 0 Å². The summed E-state index contributed by atoms with van der Waals surface area (Å²) in [6, 6.07) is 6.03. The van der Waals surface area contributed by atoms with Crippen LogP contribution >= 0.6 is 0 Å². The lowest BCUT2D eigenvalue weighted by Crippen LogP contribution is -2.51. The summed E-state index contributed by atoms with van der Waals surface area (Å²) < 4.78 is 17.8. The van der Waals surface area contributed by atoms with Crippen LogP contribution in [-0.4, -0.2) is 89.1 Å². The van der Waals surface area contributed by atoms with Crippen LogP contribution in [0.2, 0.25) is 0 Å². The minimum atomic E-state index is -0.992. The molecule has 0 aliphatic carbocycles. The summed E-state index contributed by atoms with van der Waals surface area (Å²) in [5.74, 6) is 0.257. The number of piperidine rings is 1. The number of nitrogens with zero attached hydrogens (tertiary/aromatic N) is 4. The third kappa shape index (κ3) is 6.35. The molecule has 7 rings (SSSR count). The highest BCUT2D eigenvalue weighted by Crippen LogP contribution is 2.43. The van der Waals surface area contributed by atoms with Gasteiger partial charge in [0.05, 0.1) is 11.7 Å². The van der Waals surface area contributed by atoms with Crippen LogP contribution in [-0.2, 0) is 37.4 Å². The van der Waals surface area contributed by atoms with Crippen molar-refractivity contribution in [2.24, 2.45) is 0 Å². The smallest absolute Gasteiger partial charge is 0.413 e. The Labute approximate surface area is 256 Å². The van der Waals surface area contributed by atoms with Gasteiger partial charge in [0, 0.05) is 76.3 Å². The van der Waals surface area contributed by atoms with Gasteiger partial charge in [-0.2, -0.15) is 5.10 Å². The molecule has 1 aromatic carbocycles. The number of pyridine rings is 1. The van der Waals surface area contributed by atoms with E-state index in [4.69, 9.17) is 14.2 Å². The van der Waals surface area contributed by atoms with Crippen LogP contribution in [0.25, 0.3) is 10.9 Å². The molecule has 3 aromatic rings. The summed E-state index contributed by atoms with van der Waals surface area (Å²) in [6.45, 7) is 4.46. The first-order chi connectivity index (χ1) is 21.3. The molecule has 2 N–H and O–H groups in total. The highest BCUT2D eigenvalue weighted by molar-refractivity contribution is 5.88. The molecule has 1 spiro atoms. The van der Waals surface area contributed by atoms with Crippen LogP contribution in [0, 0.1) is 6.92 Å². The first-order valence-corrected chi connectivity index (χ1v) is 15.5. The van der Waals surface area contributed by atoms with Crippen LogP contribution in [0.4, 0.5) is 15.4 Å². The van der Waals surface area contributed by atoms with Crippen molar-refractivity contribution in [2.75, 3.05) is 45.2 Å². The second-order valence-electron chi connectivity index (χ2n) is 12.1. The fourth-order valence-electron chi connectivity index (χ4n) is 6.45. The Hall–Kier alpha value is -4.19. The molecule has 1 fully saturated rings. The van der Waals surface area contributed by atoms with E-state index < -0.39 is 23.9 Å². The van der Waals surface area contributed by atoms with Crippen LogP contribution in [0.5, 0.6) is 0 Å². The Morgan fingerprint density at radius 1 is 1.00 bits per heavy atom. The van der Waals surface area contributed by atoms with E-state index in [1.54, 1.807) is 29.2 Å². The SMILES string of the molecule is Cc1cc(C[C@H]2OC(=O)N3CCC4(CC3)OC(=O)Nc3ncc(cc34)CCCOCCCCCN(C)C2=O)cc2cn[nH]c12. The lowest BCUT2D eigenvalue weighted by Gasteiger charge is -2.43. The molecule has 1 atom stereocenters. The number of likely N-dealkylation sites (N-methyl/N-ethyl adjacent to an activating group) is 1. The minimum absolute atomic E-state index is 0.237. The number of aromatic amines is 1. The van der Waals surface area contributed by atoms with Crippen LogP contribution in [0.3, 0.4) is 0 Å². The minimum Gasteiger partial charge on any atom is -0.437 e. The Balaban J connectivity index is 1.24. The molecule has 0 saturated carbocycles. The van der Waals surface area contributed by atoms with Gasteiger partial charge in [0.2, 0.25) is 0 Å². The van der Waals surface area contributed by atoms with Crippen LogP contribution in [0.1, 0.15) is 60.8 Å². The Kier molecular flexibility index (Phi) is 8.69. The number of rotatable bonds is 2. The molecule has 12 heteroatoms. The van der Waals surface area contributed by atoms with E-state index in [0.717, 1.165) is 65.3 Å². The van der Waals surface area contributed by atoms with E-state index in [2.05, 4.69) is 26.6 Å². The topological polar surface area (TPSA) is 139 Å². The first-order valence-electron chi connectivity index (χ1n) is 15.5. The van der Waals surface area contributed by atoms with Crippen LogP contribution in [0.15, 0.2) is 30.6 Å². The average Bonchev–Trinajstić information content (AvgIpc) is 3.49. The molecule has 4 bridgehead atoms. The normalized spacial score (nSPS) is 24.0. The zero-order valence-electron chi connectivity index (χ0n) is 25.4. The largest absolute Gasteiger partial charge is 0.437 e. The molecule has 12 nitrogen and oxygen atoms in total. The quantitative estimate of drug-likeness (QED) is 0.437. The number of fused-ring (bicyclic) bond motifs is 16. The summed E-state index contributed by atoms with van der Waals surface area (Å²) in [4.78, 5) is 47.6. The molecular formula is C32H40N6O6. The number of aromatic nitrogens is 3. The molecule has 2 aromatic heterocycles. The number of ether oxygens (including phenoxy) is 3. The predicted octanol–water partition coefficient (Wildman–Crippen LogP) is 4.46. The number of hydrogen-bond acceptors (Lipinski definition) is 8. The van der Waals surface area contributed by atoms with Gasteiger partial charge in [-0.15, -0.1) is 0 Å². The van der Waals surface area contributed by atoms with Crippen molar-refractivity contribution in [3.63, 3.8) is 0 Å². The molecule has 0 radical (unpaired) electrons. The van der Waals surface area contributed by atoms with Gasteiger partial charge in [0.25, 0.3) is 5.91 Å². The molecular weight excluding hydrogens is 564 g/mol. The summed E-state index contributed by atoms with van der Waals surface area (Å²) in [7, 11) is 1.76. The van der Waals surface area contributed by atoms with Gasteiger partial charge >= 0.3 is 12.2 Å². The monoisotopic (exact) mass is 604 g/mol. The predicted molar refractivity (Wildman–Crippen MR) is 162 cm³/mol. The van der Waals surface area contributed by atoms with E-state index in [-0.39, 0.29) is 12.3 Å². The maximum Gasteiger partial charge on any atom is 0.413 e. The first kappa shape index (κ1) is 29.9. The number of amides is 3. The number of H-pyrrole nitrogens is 1. The fourth-order valence-corrected chi connectivity index (χ4v) is 6.45. The molecule has 6 heterocycles. The second-order valence-corrected chi connectivity index (χ2v) is 12.1. The van der Waals surface area contributed by atoms with E-state index >= 15 is 0 Å². The molecule has 234 valence electrons. The molecule has 3 amide bonds. The summed E-state index contributed by atoms with van der Waals surface area (Å²) in [5.41, 5.74) is 3.82. The number of anilines is 1. The number of carbonyl (C=O) groups is 3. The third-order valence-electron chi connectivity index (χ3n) is 8.93. The lowest BCUT2D eigenvalue weighted by molar-refractivity contribution is -0.139. The maximum absolute atomic E-state index is 13.7. The van der Waals surface area contributed by atoms with E-state index in [0.29, 0.717) is 51.5 Å². The van der Waals surface area contributed by atoms with Gasteiger partial charge in [-0.25, -0.2) is 14.6 Å². The van der Waals surface area contributed by atoms with Crippen molar-refractivity contribution in [2.45, 2.75) is 70.0 Å². The van der Waals surface area contributed by atoms with Gasteiger partial charge in [-0.05, 0) is 67.9 Å². The van der Waals surface area contributed by atoms with Gasteiger partial charge in [0.15, 0.2) is 6.10 Å². The van der Waals surface area contributed by atoms with E-state index in [1.807, 2.05) is 19.1 Å². The fraction of sp³-hybridized carbons (Fsp3) is 0.531. The number of carbonyl (C=O) groups excluding carboxylic acids is 3. The highest BCUT2D eigenvalue weighted by atomic mass is 16.6. The van der Waals surface area contributed by atoms with Gasteiger partial charge in [-0.1, -0.05) is 6.07 Å². The van der Waals surface area contributed by atoms with Crippen molar-refractivity contribution in [3.8, 4) is 0 Å². The molecule has 44 heavy (non-hydrogen) atoms. The zero-order chi connectivity index (χ0) is 30.7. The standard InChI is InChI=1S/C32H40N6O6/c1-21-15-23(16-24-20-34-36-27(21)24)18-26-29(39)37(2)10-4-3-5-13-42-14-6-7-22-17-25-28(33-19-22)35-30(40)44-32(25)8-11-38(12-9-32)31(41)43-26/h15-17,19-20,26H,3-14,18H2,1-2H3,(H,34,36)(H,33,35,40)/t26-/m1/s1. The zero-order valence-corrected chi connectivity index (χ0v) is 25.4. The molecule has 0 unspecified atom stereocenters. The second kappa shape index (κ2) is 12.8. The average molecular weight is 605 g/mol. The molecule has 4 aliphatic rings.